The van der Waals surface area contributed by atoms with Crippen molar-refractivity contribution in [3.05, 3.63) is 38.1 Å². The molecule has 2 rings (SSSR count). The highest BCUT2D eigenvalue weighted by Gasteiger charge is 2.08. The van der Waals surface area contributed by atoms with E-state index >= 15 is 0 Å². The van der Waals surface area contributed by atoms with E-state index in [9.17, 15) is 0 Å². The van der Waals surface area contributed by atoms with E-state index in [0.29, 0.717) is 5.82 Å². The molecule has 0 saturated heterocycles. The zero-order valence-corrected chi connectivity index (χ0v) is 12.0. The van der Waals surface area contributed by atoms with Crippen LogP contribution in [0.15, 0.2) is 38.1 Å². The molecule has 0 aliphatic heterocycles. The summed E-state index contributed by atoms with van der Waals surface area (Å²) < 4.78 is 2.31. The number of aromatic nitrogens is 3. The maximum Gasteiger partial charge on any atom is 0.181 e. The van der Waals surface area contributed by atoms with Crippen molar-refractivity contribution in [2.24, 2.45) is 0 Å². The zero-order chi connectivity index (χ0) is 10.8. The summed E-state index contributed by atoms with van der Waals surface area (Å²) in [6.45, 7) is 0. The predicted octanol–water partition coefficient (Wildman–Crippen LogP) is 3.83. The standard InChI is InChI=1S/C9H4Br3N3/c10-5-2-1-3-13-8(5)9-14-6(11)4-7(12)15-9/h1-4H. The minimum absolute atomic E-state index is 0.573. The van der Waals surface area contributed by atoms with Crippen LogP contribution in [0.5, 0.6) is 0 Å². The van der Waals surface area contributed by atoms with Gasteiger partial charge in [0.05, 0.1) is 0 Å². The molecule has 0 N–H and O–H groups in total. The first-order valence-electron chi connectivity index (χ1n) is 3.98. The summed E-state index contributed by atoms with van der Waals surface area (Å²) >= 11 is 10.0. The molecule has 2 heterocycles. The Bertz CT molecular complexity index is 481. The molecule has 0 unspecified atom stereocenters. The lowest BCUT2D eigenvalue weighted by Crippen LogP contribution is -1.93. The van der Waals surface area contributed by atoms with Gasteiger partial charge in [-0.05, 0) is 59.9 Å². The minimum Gasteiger partial charge on any atom is -0.252 e. The summed E-state index contributed by atoms with van der Waals surface area (Å²) in [5, 5.41) is 0. The second kappa shape index (κ2) is 4.67. The normalized spacial score (nSPS) is 10.3. The summed E-state index contributed by atoms with van der Waals surface area (Å²) in [4.78, 5) is 12.7. The molecule has 0 radical (unpaired) electrons. The highest BCUT2D eigenvalue weighted by molar-refractivity contribution is 9.11. The quantitative estimate of drug-likeness (QED) is 0.691. The number of pyridine rings is 1. The van der Waals surface area contributed by atoms with Crippen LogP contribution in [0, 0.1) is 0 Å². The van der Waals surface area contributed by atoms with E-state index < -0.39 is 0 Å². The molecule has 2 aromatic heterocycles. The largest absolute Gasteiger partial charge is 0.252 e. The first kappa shape index (κ1) is 11.2. The van der Waals surface area contributed by atoms with E-state index in [-0.39, 0.29) is 0 Å². The van der Waals surface area contributed by atoms with Gasteiger partial charge >= 0.3 is 0 Å². The van der Waals surface area contributed by atoms with Gasteiger partial charge in [-0.15, -0.1) is 0 Å². The lowest BCUT2D eigenvalue weighted by molar-refractivity contribution is 1.09. The van der Waals surface area contributed by atoms with Crippen LogP contribution in [0.4, 0.5) is 0 Å². The summed E-state index contributed by atoms with van der Waals surface area (Å²) in [5.74, 6) is 0.573. The average molecular weight is 394 g/mol. The topological polar surface area (TPSA) is 38.7 Å². The molecule has 15 heavy (non-hydrogen) atoms. The molecule has 0 aliphatic rings. The Balaban J connectivity index is 2.59. The van der Waals surface area contributed by atoms with Crippen molar-refractivity contribution in [2.45, 2.75) is 0 Å². The summed E-state index contributed by atoms with van der Waals surface area (Å²) in [5.41, 5.74) is 0.722. The lowest BCUT2D eigenvalue weighted by Gasteiger charge is -2.02. The SMILES string of the molecule is Brc1cc(Br)nc(-c2ncccc2Br)n1. The second-order valence-corrected chi connectivity index (χ2v) is 5.15. The average Bonchev–Trinajstić information content (AvgIpc) is 2.16. The molecule has 0 atom stereocenters. The van der Waals surface area contributed by atoms with E-state index in [1.807, 2.05) is 12.1 Å². The zero-order valence-electron chi connectivity index (χ0n) is 7.28. The predicted molar refractivity (Wildman–Crippen MR) is 68.4 cm³/mol. The van der Waals surface area contributed by atoms with Crippen LogP contribution in [-0.2, 0) is 0 Å². The monoisotopic (exact) mass is 391 g/mol. The van der Waals surface area contributed by atoms with Gasteiger partial charge in [0.1, 0.15) is 14.9 Å². The van der Waals surface area contributed by atoms with Crippen molar-refractivity contribution >= 4 is 47.8 Å². The van der Waals surface area contributed by atoms with Gasteiger partial charge in [0.2, 0.25) is 0 Å². The Labute approximate surface area is 112 Å². The summed E-state index contributed by atoms with van der Waals surface area (Å²) in [6, 6.07) is 5.53. The molecule has 0 bridgehead atoms. The number of halogens is 3. The number of hydrogen-bond donors (Lipinski definition) is 0. The molecule has 0 spiro atoms. The van der Waals surface area contributed by atoms with Crippen molar-refractivity contribution in [3.63, 3.8) is 0 Å². The summed E-state index contributed by atoms with van der Waals surface area (Å²) in [6.07, 6.45) is 1.71. The molecule has 3 nitrogen and oxygen atoms in total. The molecular weight excluding hydrogens is 390 g/mol. The Morgan fingerprint density at radius 3 is 2.27 bits per heavy atom. The van der Waals surface area contributed by atoms with Gasteiger partial charge in [-0.2, -0.15) is 0 Å². The second-order valence-electron chi connectivity index (χ2n) is 2.67. The van der Waals surface area contributed by atoms with Crippen molar-refractivity contribution in [1.29, 1.82) is 0 Å². The van der Waals surface area contributed by atoms with E-state index in [0.717, 1.165) is 19.4 Å². The van der Waals surface area contributed by atoms with Crippen molar-refractivity contribution in [3.8, 4) is 11.5 Å². The Hall–Kier alpha value is -0.330. The Morgan fingerprint density at radius 2 is 1.67 bits per heavy atom. The number of hydrogen-bond acceptors (Lipinski definition) is 3. The molecule has 0 amide bonds. The maximum absolute atomic E-state index is 4.25. The van der Waals surface area contributed by atoms with Crippen LogP contribution in [-0.4, -0.2) is 15.0 Å². The summed E-state index contributed by atoms with van der Waals surface area (Å²) in [7, 11) is 0. The van der Waals surface area contributed by atoms with Crippen LogP contribution >= 0.6 is 47.8 Å². The van der Waals surface area contributed by atoms with Gasteiger partial charge in [-0.1, -0.05) is 0 Å². The van der Waals surface area contributed by atoms with E-state index in [1.165, 1.54) is 0 Å². The van der Waals surface area contributed by atoms with Crippen LogP contribution in [0.1, 0.15) is 0 Å². The fourth-order valence-corrected chi connectivity index (χ4v) is 2.56. The van der Waals surface area contributed by atoms with Crippen LogP contribution in [0.25, 0.3) is 11.5 Å². The van der Waals surface area contributed by atoms with Crippen molar-refractivity contribution < 1.29 is 0 Å². The third-order valence-electron chi connectivity index (χ3n) is 1.63. The van der Waals surface area contributed by atoms with Crippen molar-refractivity contribution in [1.82, 2.24) is 15.0 Å². The Kier molecular flexibility index (Phi) is 3.48. The fraction of sp³-hybridized carbons (Fsp3) is 0. The van der Waals surface area contributed by atoms with Crippen LogP contribution < -0.4 is 0 Å². The third kappa shape index (κ3) is 2.62. The molecule has 6 heteroatoms. The van der Waals surface area contributed by atoms with Gasteiger partial charge in [-0.3, -0.25) is 4.98 Å². The third-order valence-corrected chi connectivity index (χ3v) is 3.09. The van der Waals surface area contributed by atoms with Gasteiger partial charge in [0, 0.05) is 16.7 Å². The molecular formula is C9H4Br3N3. The molecule has 0 aromatic carbocycles. The first-order valence-corrected chi connectivity index (χ1v) is 6.35. The van der Waals surface area contributed by atoms with E-state index in [1.54, 1.807) is 12.3 Å². The molecule has 0 aliphatic carbocycles. The van der Waals surface area contributed by atoms with Gasteiger partial charge in [0.15, 0.2) is 5.82 Å². The highest BCUT2D eigenvalue weighted by Crippen LogP contribution is 2.25. The Morgan fingerprint density at radius 1 is 1.00 bits per heavy atom. The smallest absolute Gasteiger partial charge is 0.181 e. The van der Waals surface area contributed by atoms with E-state index in [4.69, 9.17) is 0 Å². The minimum atomic E-state index is 0.573. The van der Waals surface area contributed by atoms with Gasteiger partial charge < -0.3 is 0 Å². The fourth-order valence-electron chi connectivity index (χ4n) is 1.05. The van der Waals surface area contributed by atoms with E-state index in [2.05, 4.69) is 62.7 Å². The van der Waals surface area contributed by atoms with Crippen LogP contribution in [0.3, 0.4) is 0 Å². The molecule has 0 fully saturated rings. The number of nitrogens with zero attached hydrogens (tertiary/aromatic N) is 3. The van der Waals surface area contributed by atoms with Gasteiger partial charge in [-0.25, -0.2) is 9.97 Å². The highest BCUT2D eigenvalue weighted by atomic mass is 79.9. The molecule has 2 aromatic rings. The number of rotatable bonds is 1. The lowest BCUT2D eigenvalue weighted by atomic mass is 10.3. The maximum atomic E-state index is 4.25. The van der Waals surface area contributed by atoms with Gasteiger partial charge in [0.25, 0.3) is 0 Å². The van der Waals surface area contributed by atoms with Crippen molar-refractivity contribution in [2.75, 3.05) is 0 Å². The molecule has 0 saturated carbocycles. The first-order chi connectivity index (χ1) is 7.16. The molecule has 76 valence electrons. The van der Waals surface area contributed by atoms with Crippen LogP contribution in [0.2, 0.25) is 0 Å².